The second-order valence-electron chi connectivity index (χ2n) is 3.98. The molecule has 1 N–H and O–H groups in total. The molecule has 0 saturated carbocycles. The summed E-state index contributed by atoms with van der Waals surface area (Å²) in [6.07, 6.45) is 0. The highest BCUT2D eigenvalue weighted by molar-refractivity contribution is 5.35. The zero-order valence-corrected chi connectivity index (χ0v) is 10.4. The molecular formula is C13H15FN2O2. The molecule has 96 valence electrons. The monoisotopic (exact) mass is 250 g/mol. The Labute approximate surface area is 105 Å². The highest BCUT2D eigenvalue weighted by Gasteiger charge is 2.10. The van der Waals surface area contributed by atoms with E-state index in [0.29, 0.717) is 18.0 Å². The van der Waals surface area contributed by atoms with Crippen LogP contribution in [0.15, 0.2) is 28.8 Å². The molecule has 0 aliphatic carbocycles. The molecule has 0 atom stereocenters. The Hall–Kier alpha value is -1.88. The molecule has 1 aromatic heterocycles. The van der Waals surface area contributed by atoms with Crippen LogP contribution in [0.5, 0.6) is 5.75 Å². The molecule has 2 rings (SSSR count). The van der Waals surface area contributed by atoms with Crippen LogP contribution in [-0.2, 0) is 13.2 Å². The van der Waals surface area contributed by atoms with Gasteiger partial charge in [-0.15, -0.1) is 0 Å². The molecule has 0 radical (unpaired) electrons. The van der Waals surface area contributed by atoms with E-state index in [1.807, 2.05) is 6.07 Å². The van der Waals surface area contributed by atoms with E-state index in [9.17, 15) is 4.39 Å². The second kappa shape index (κ2) is 5.64. The normalized spacial score (nSPS) is 10.6. The largest absolute Gasteiger partial charge is 0.484 e. The lowest BCUT2D eigenvalue weighted by Gasteiger charge is -2.10. The molecule has 1 aromatic carbocycles. The van der Waals surface area contributed by atoms with Crippen molar-refractivity contribution in [3.05, 3.63) is 47.1 Å². The van der Waals surface area contributed by atoms with Crippen LogP contribution in [0.3, 0.4) is 0 Å². The van der Waals surface area contributed by atoms with Gasteiger partial charge in [0.2, 0.25) is 0 Å². The van der Waals surface area contributed by atoms with Crippen molar-refractivity contribution in [1.29, 1.82) is 0 Å². The number of benzene rings is 1. The third-order valence-corrected chi connectivity index (χ3v) is 2.46. The first-order valence-corrected chi connectivity index (χ1v) is 5.67. The summed E-state index contributed by atoms with van der Waals surface area (Å²) in [4.78, 5) is 0. The minimum atomic E-state index is -0.372. The zero-order chi connectivity index (χ0) is 13.0. The van der Waals surface area contributed by atoms with Crippen molar-refractivity contribution in [3.63, 3.8) is 0 Å². The number of halogens is 1. The van der Waals surface area contributed by atoms with Gasteiger partial charge in [0.05, 0.1) is 0 Å². The molecule has 0 fully saturated rings. The topological polar surface area (TPSA) is 47.3 Å². The molecular weight excluding hydrogens is 235 g/mol. The number of nitrogens with one attached hydrogen (secondary N) is 1. The van der Waals surface area contributed by atoms with Crippen molar-refractivity contribution in [2.24, 2.45) is 0 Å². The predicted molar refractivity (Wildman–Crippen MR) is 64.7 cm³/mol. The molecule has 0 aliphatic heterocycles. The molecule has 18 heavy (non-hydrogen) atoms. The first-order valence-electron chi connectivity index (χ1n) is 5.67. The Morgan fingerprint density at radius 1 is 1.44 bits per heavy atom. The van der Waals surface area contributed by atoms with E-state index in [2.05, 4.69) is 10.5 Å². The standard InChI is InChI=1S/C13H15FN2O2/c1-9-6-11(16-18-9)8-17-13-10(7-15-2)4-3-5-12(13)14/h3-6,15H,7-8H2,1-2H3. The maximum Gasteiger partial charge on any atom is 0.165 e. The number of para-hydroxylation sites is 1. The van der Waals surface area contributed by atoms with E-state index in [-0.39, 0.29) is 18.2 Å². The van der Waals surface area contributed by atoms with Gasteiger partial charge in [-0.3, -0.25) is 0 Å². The summed E-state index contributed by atoms with van der Waals surface area (Å²) in [5, 5.41) is 6.77. The SMILES string of the molecule is CNCc1cccc(F)c1OCc1cc(C)on1. The molecule has 5 heteroatoms. The summed E-state index contributed by atoms with van der Waals surface area (Å²) in [5.74, 6) is 0.591. The van der Waals surface area contributed by atoms with E-state index in [4.69, 9.17) is 9.26 Å². The predicted octanol–water partition coefficient (Wildman–Crippen LogP) is 2.42. The van der Waals surface area contributed by atoms with Crippen LogP contribution in [0.4, 0.5) is 4.39 Å². The maximum atomic E-state index is 13.7. The first-order chi connectivity index (χ1) is 8.70. The van der Waals surface area contributed by atoms with Crippen molar-refractivity contribution < 1.29 is 13.7 Å². The number of aromatic nitrogens is 1. The molecule has 1 heterocycles. The maximum absolute atomic E-state index is 13.7. The number of ether oxygens (including phenoxy) is 1. The van der Waals surface area contributed by atoms with Crippen LogP contribution >= 0.6 is 0 Å². The van der Waals surface area contributed by atoms with Gasteiger partial charge in [-0.1, -0.05) is 17.3 Å². The van der Waals surface area contributed by atoms with Gasteiger partial charge >= 0.3 is 0 Å². The number of hydrogen-bond acceptors (Lipinski definition) is 4. The highest BCUT2D eigenvalue weighted by atomic mass is 19.1. The van der Waals surface area contributed by atoms with Gasteiger partial charge in [0.1, 0.15) is 18.1 Å². The van der Waals surface area contributed by atoms with Gasteiger partial charge in [0.25, 0.3) is 0 Å². The summed E-state index contributed by atoms with van der Waals surface area (Å²) in [6, 6.07) is 6.62. The van der Waals surface area contributed by atoms with Crippen molar-refractivity contribution in [2.45, 2.75) is 20.1 Å². The zero-order valence-electron chi connectivity index (χ0n) is 10.4. The molecule has 2 aromatic rings. The van der Waals surface area contributed by atoms with Crippen LogP contribution in [0.2, 0.25) is 0 Å². The van der Waals surface area contributed by atoms with E-state index in [1.54, 1.807) is 26.1 Å². The smallest absolute Gasteiger partial charge is 0.165 e. The van der Waals surface area contributed by atoms with Gasteiger partial charge in [-0.2, -0.15) is 0 Å². The summed E-state index contributed by atoms with van der Waals surface area (Å²) in [6.45, 7) is 2.53. The van der Waals surface area contributed by atoms with Gasteiger partial charge in [0.15, 0.2) is 11.6 Å². The molecule has 0 amide bonds. The summed E-state index contributed by atoms with van der Waals surface area (Å²) < 4.78 is 24.1. The Morgan fingerprint density at radius 2 is 2.28 bits per heavy atom. The fourth-order valence-corrected chi connectivity index (χ4v) is 1.68. The lowest BCUT2D eigenvalue weighted by atomic mass is 10.2. The molecule has 0 unspecified atom stereocenters. The summed E-state index contributed by atoms with van der Waals surface area (Å²) in [7, 11) is 1.80. The first kappa shape index (κ1) is 12.6. The van der Waals surface area contributed by atoms with Gasteiger partial charge in [-0.25, -0.2) is 4.39 Å². The fraction of sp³-hybridized carbons (Fsp3) is 0.308. The summed E-state index contributed by atoms with van der Waals surface area (Å²) >= 11 is 0. The third-order valence-electron chi connectivity index (χ3n) is 2.46. The molecule has 0 saturated heterocycles. The third kappa shape index (κ3) is 2.87. The number of nitrogens with zero attached hydrogens (tertiary/aromatic N) is 1. The quantitative estimate of drug-likeness (QED) is 0.885. The average Bonchev–Trinajstić information content (AvgIpc) is 2.75. The van der Waals surface area contributed by atoms with Crippen molar-refractivity contribution in [3.8, 4) is 5.75 Å². The Morgan fingerprint density at radius 3 is 2.94 bits per heavy atom. The van der Waals surface area contributed by atoms with Gasteiger partial charge < -0.3 is 14.6 Å². The minimum Gasteiger partial charge on any atom is -0.484 e. The van der Waals surface area contributed by atoms with Crippen LogP contribution in [-0.4, -0.2) is 12.2 Å². The van der Waals surface area contributed by atoms with E-state index in [1.165, 1.54) is 6.07 Å². The number of rotatable bonds is 5. The van der Waals surface area contributed by atoms with E-state index < -0.39 is 0 Å². The second-order valence-corrected chi connectivity index (χ2v) is 3.98. The highest BCUT2D eigenvalue weighted by Crippen LogP contribution is 2.23. The van der Waals surface area contributed by atoms with Gasteiger partial charge in [0, 0.05) is 18.2 Å². The van der Waals surface area contributed by atoms with Crippen LogP contribution < -0.4 is 10.1 Å². The van der Waals surface area contributed by atoms with Crippen molar-refractivity contribution >= 4 is 0 Å². The van der Waals surface area contributed by atoms with Crippen molar-refractivity contribution in [1.82, 2.24) is 10.5 Å². The Bertz CT molecular complexity index is 525. The van der Waals surface area contributed by atoms with Crippen LogP contribution in [0.1, 0.15) is 17.0 Å². The average molecular weight is 250 g/mol. The lowest BCUT2D eigenvalue weighted by molar-refractivity contribution is 0.272. The van der Waals surface area contributed by atoms with Crippen LogP contribution in [0.25, 0.3) is 0 Å². The summed E-state index contributed by atoms with van der Waals surface area (Å²) in [5.41, 5.74) is 1.42. The van der Waals surface area contributed by atoms with Crippen LogP contribution in [0, 0.1) is 12.7 Å². The lowest BCUT2D eigenvalue weighted by Crippen LogP contribution is -2.08. The van der Waals surface area contributed by atoms with Gasteiger partial charge in [-0.05, 0) is 20.0 Å². The van der Waals surface area contributed by atoms with E-state index >= 15 is 0 Å². The fourth-order valence-electron chi connectivity index (χ4n) is 1.68. The minimum absolute atomic E-state index is 0.189. The molecule has 0 aliphatic rings. The Kier molecular flexibility index (Phi) is 3.94. The molecule has 4 nitrogen and oxygen atoms in total. The number of aryl methyl sites for hydroxylation is 1. The van der Waals surface area contributed by atoms with Crippen molar-refractivity contribution in [2.75, 3.05) is 7.05 Å². The Balaban J connectivity index is 2.12. The van der Waals surface area contributed by atoms with E-state index in [0.717, 1.165) is 5.56 Å². The molecule has 0 spiro atoms. The molecule has 0 bridgehead atoms. The number of hydrogen-bond donors (Lipinski definition) is 1.